The normalized spacial score (nSPS) is 16.9. The first-order valence-corrected chi connectivity index (χ1v) is 9.44. The van der Waals surface area contributed by atoms with Crippen LogP contribution in [0.2, 0.25) is 0 Å². The third-order valence-electron chi connectivity index (χ3n) is 4.64. The number of rotatable bonds is 5. The van der Waals surface area contributed by atoms with E-state index >= 15 is 0 Å². The fourth-order valence-electron chi connectivity index (χ4n) is 3.44. The van der Waals surface area contributed by atoms with Crippen LogP contribution in [0, 0.1) is 0 Å². The summed E-state index contributed by atoms with van der Waals surface area (Å²) in [6.07, 6.45) is 1.14. The zero-order chi connectivity index (χ0) is 17.6. The predicted molar refractivity (Wildman–Crippen MR) is 105 cm³/mol. The lowest BCUT2D eigenvalue weighted by Crippen LogP contribution is -2.33. The van der Waals surface area contributed by atoms with Crippen LogP contribution in [0.4, 0.5) is 0 Å². The molecule has 1 fully saturated rings. The van der Waals surface area contributed by atoms with Crippen molar-refractivity contribution < 1.29 is 9.47 Å². The van der Waals surface area contributed by atoms with Gasteiger partial charge in [0, 0.05) is 29.7 Å². The molecule has 25 heavy (non-hydrogen) atoms. The number of methoxy groups -OCH3 is 2. The Balaban J connectivity index is 2.09. The molecule has 0 spiro atoms. The average molecular weight is 405 g/mol. The van der Waals surface area contributed by atoms with Gasteiger partial charge in [-0.05, 0) is 48.9 Å². The number of nitrogens with one attached hydrogen (secondary N) is 1. The topological polar surface area (TPSA) is 33.7 Å². The molecule has 1 unspecified atom stereocenters. The van der Waals surface area contributed by atoms with Gasteiger partial charge in [-0.2, -0.15) is 0 Å². The second kappa shape index (κ2) is 8.70. The number of hydrogen-bond donors (Lipinski definition) is 1. The monoisotopic (exact) mass is 404 g/mol. The zero-order valence-corrected chi connectivity index (χ0v) is 16.4. The van der Waals surface area contributed by atoms with Crippen LogP contribution in [0.15, 0.2) is 46.9 Å². The molecule has 1 heterocycles. The maximum atomic E-state index is 5.69. The van der Waals surface area contributed by atoms with E-state index in [0.29, 0.717) is 0 Å². The van der Waals surface area contributed by atoms with Crippen LogP contribution in [0.1, 0.15) is 23.6 Å². The number of nitrogens with zero attached hydrogens (tertiary/aromatic N) is 1. The van der Waals surface area contributed by atoms with Crippen molar-refractivity contribution in [2.24, 2.45) is 0 Å². The highest BCUT2D eigenvalue weighted by Gasteiger charge is 2.26. The Morgan fingerprint density at radius 3 is 2.72 bits per heavy atom. The van der Waals surface area contributed by atoms with Gasteiger partial charge in [0.05, 0.1) is 20.3 Å². The maximum Gasteiger partial charge on any atom is 0.124 e. The molecule has 1 N–H and O–H groups in total. The summed E-state index contributed by atoms with van der Waals surface area (Å²) in [6.45, 7) is 4.11. The van der Waals surface area contributed by atoms with Crippen LogP contribution in [-0.2, 0) is 0 Å². The summed E-state index contributed by atoms with van der Waals surface area (Å²) in [5, 5.41) is 3.49. The quantitative estimate of drug-likeness (QED) is 0.820. The molecule has 0 aromatic heterocycles. The second-order valence-electron chi connectivity index (χ2n) is 6.20. The van der Waals surface area contributed by atoms with Crippen molar-refractivity contribution in [1.82, 2.24) is 10.2 Å². The molecule has 2 aromatic rings. The molecule has 4 nitrogen and oxygen atoms in total. The van der Waals surface area contributed by atoms with Gasteiger partial charge in [0.15, 0.2) is 0 Å². The van der Waals surface area contributed by atoms with Gasteiger partial charge < -0.3 is 14.8 Å². The molecule has 0 radical (unpaired) electrons. The molecule has 1 atom stereocenters. The van der Waals surface area contributed by atoms with E-state index in [0.717, 1.165) is 48.6 Å². The van der Waals surface area contributed by atoms with Crippen molar-refractivity contribution in [2.45, 2.75) is 12.5 Å². The predicted octanol–water partition coefficient (Wildman–Crippen LogP) is 3.85. The summed E-state index contributed by atoms with van der Waals surface area (Å²) in [5.74, 6) is 1.79. The van der Waals surface area contributed by atoms with E-state index in [2.05, 4.69) is 50.4 Å². The van der Waals surface area contributed by atoms with Crippen LogP contribution in [0.3, 0.4) is 0 Å². The number of ether oxygens (including phenoxy) is 2. The first kappa shape index (κ1) is 18.2. The van der Waals surface area contributed by atoms with Gasteiger partial charge in [-0.25, -0.2) is 0 Å². The summed E-state index contributed by atoms with van der Waals surface area (Å²) >= 11 is 3.62. The zero-order valence-electron chi connectivity index (χ0n) is 14.8. The first-order valence-electron chi connectivity index (χ1n) is 8.65. The summed E-state index contributed by atoms with van der Waals surface area (Å²) in [5.41, 5.74) is 2.39. The van der Waals surface area contributed by atoms with Crippen molar-refractivity contribution >= 4 is 15.9 Å². The van der Waals surface area contributed by atoms with Gasteiger partial charge in [0.2, 0.25) is 0 Å². The summed E-state index contributed by atoms with van der Waals surface area (Å²) in [7, 11) is 3.45. The minimum absolute atomic E-state index is 0.127. The second-order valence-corrected chi connectivity index (χ2v) is 7.12. The standard InChI is InChI=1S/C20H25BrN2O2/c1-24-17-6-3-5-15(13-17)20(23-11-4-9-22-10-12-23)18-14-16(21)7-8-19(18)25-2/h3,5-8,13-14,20,22H,4,9-12H2,1-2H3. The van der Waals surface area contributed by atoms with Gasteiger partial charge in [0.25, 0.3) is 0 Å². The molecule has 134 valence electrons. The van der Waals surface area contributed by atoms with Gasteiger partial charge >= 0.3 is 0 Å². The Labute approximate surface area is 158 Å². The van der Waals surface area contributed by atoms with Crippen molar-refractivity contribution in [2.75, 3.05) is 40.4 Å². The Kier molecular flexibility index (Phi) is 6.34. The summed E-state index contributed by atoms with van der Waals surface area (Å²) < 4.78 is 12.2. The Hall–Kier alpha value is -1.56. The Bertz CT molecular complexity index is 700. The summed E-state index contributed by atoms with van der Waals surface area (Å²) in [6, 6.07) is 14.7. The maximum absolute atomic E-state index is 5.69. The molecule has 0 bridgehead atoms. The fraction of sp³-hybridized carbons (Fsp3) is 0.400. The van der Waals surface area contributed by atoms with Crippen molar-refractivity contribution in [3.8, 4) is 11.5 Å². The average Bonchev–Trinajstić information content (AvgIpc) is 2.92. The fourth-order valence-corrected chi connectivity index (χ4v) is 3.82. The number of halogens is 1. The largest absolute Gasteiger partial charge is 0.497 e. The van der Waals surface area contributed by atoms with Gasteiger partial charge in [-0.3, -0.25) is 4.90 Å². The van der Waals surface area contributed by atoms with E-state index in [1.54, 1.807) is 14.2 Å². The van der Waals surface area contributed by atoms with E-state index in [9.17, 15) is 0 Å². The van der Waals surface area contributed by atoms with Crippen molar-refractivity contribution in [3.63, 3.8) is 0 Å². The third kappa shape index (κ3) is 4.35. The van der Waals surface area contributed by atoms with Gasteiger partial charge in [-0.1, -0.05) is 28.1 Å². The molecule has 5 heteroatoms. The molecule has 1 aliphatic heterocycles. The number of benzene rings is 2. The van der Waals surface area contributed by atoms with Crippen LogP contribution < -0.4 is 14.8 Å². The van der Waals surface area contributed by atoms with E-state index in [4.69, 9.17) is 9.47 Å². The smallest absolute Gasteiger partial charge is 0.124 e. The van der Waals surface area contributed by atoms with Crippen LogP contribution in [0.5, 0.6) is 11.5 Å². The van der Waals surface area contributed by atoms with Crippen molar-refractivity contribution in [3.05, 3.63) is 58.1 Å². The van der Waals surface area contributed by atoms with E-state index in [1.165, 1.54) is 11.1 Å². The van der Waals surface area contributed by atoms with E-state index in [-0.39, 0.29) is 6.04 Å². The van der Waals surface area contributed by atoms with E-state index < -0.39 is 0 Å². The Morgan fingerprint density at radius 1 is 1.04 bits per heavy atom. The SMILES string of the molecule is COc1cccc(C(c2cc(Br)ccc2OC)N2CCCNCC2)c1. The van der Waals surface area contributed by atoms with Crippen LogP contribution >= 0.6 is 15.9 Å². The molecule has 1 saturated heterocycles. The minimum Gasteiger partial charge on any atom is -0.497 e. The Morgan fingerprint density at radius 2 is 1.92 bits per heavy atom. The van der Waals surface area contributed by atoms with Gasteiger partial charge in [-0.15, -0.1) is 0 Å². The van der Waals surface area contributed by atoms with Crippen LogP contribution in [0.25, 0.3) is 0 Å². The molecule has 3 rings (SSSR count). The lowest BCUT2D eigenvalue weighted by molar-refractivity contribution is 0.236. The highest BCUT2D eigenvalue weighted by molar-refractivity contribution is 9.10. The third-order valence-corrected chi connectivity index (χ3v) is 5.13. The minimum atomic E-state index is 0.127. The van der Waals surface area contributed by atoms with Gasteiger partial charge in [0.1, 0.15) is 11.5 Å². The molecule has 2 aromatic carbocycles. The summed E-state index contributed by atoms with van der Waals surface area (Å²) in [4.78, 5) is 2.53. The molecular formula is C20H25BrN2O2. The molecule has 0 aliphatic carbocycles. The molecule has 0 amide bonds. The molecule has 1 aliphatic rings. The van der Waals surface area contributed by atoms with Crippen molar-refractivity contribution in [1.29, 1.82) is 0 Å². The highest BCUT2D eigenvalue weighted by atomic mass is 79.9. The lowest BCUT2D eigenvalue weighted by Gasteiger charge is -2.32. The number of hydrogen-bond acceptors (Lipinski definition) is 4. The highest BCUT2D eigenvalue weighted by Crippen LogP contribution is 2.37. The van der Waals surface area contributed by atoms with E-state index in [1.807, 2.05) is 18.2 Å². The first-order chi connectivity index (χ1) is 12.2. The van der Waals surface area contributed by atoms with Crippen LogP contribution in [-0.4, -0.2) is 45.3 Å². The lowest BCUT2D eigenvalue weighted by atomic mass is 9.95. The molecular weight excluding hydrogens is 380 g/mol. The molecule has 0 saturated carbocycles.